The van der Waals surface area contributed by atoms with Crippen molar-refractivity contribution in [3.05, 3.63) is 99.8 Å². The van der Waals surface area contributed by atoms with Gasteiger partial charge in [-0.15, -0.1) is 0 Å². The van der Waals surface area contributed by atoms with Crippen molar-refractivity contribution in [1.82, 2.24) is 4.90 Å². The molecular formula is C33H33Cl2FN2O6S. The average molecular weight is 676 g/mol. The fourth-order valence-electron chi connectivity index (χ4n) is 6.04. The fraction of sp³-hybridized carbons (Fsp3) is 0.394. The molecule has 0 spiro atoms. The van der Waals surface area contributed by atoms with Crippen molar-refractivity contribution >= 4 is 50.8 Å². The Morgan fingerprint density at radius 3 is 2.33 bits per heavy atom. The molecule has 8 nitrogen and oxygen atoms in total. The molecule has 3 aromatic rings. The van der Waals surface area contributed by atoms with Crippen molar-refractivity contribution in [1.29, 1.82) is 0 Å². The summed E-state index contributed by atoms with van der Waals surface area (Å²) in [6.45, 7) is 1.47. The third-order valence-electron chi connectivity index (χ3n) is 8.49. The van der Waals surface area contributed by atoms with Gasteiger partial charge in [0.1, 0.15) is 11.9 Å². The number of hydrogen-bond donors (Lipinski definition) is 0. The molecule has 3 aliphatic rings. The Balaban J connectivity index is 1.51. The summed E-state index contributed by atoms with van der Waals surface area (Å²) in [6, 6.07) is 18.1. The SMILES string of the molecule is CCOC(=O)[C@H]1O[C@H](c2cccc(Cl)c2)[C@@H](c2ccc(Cl)cc2)N([C@H](CN(c2ccccc2F)S(=O)(=O)C2CC2)C2CC2)C1=O. The maximum absolute atomic E-state index is 15.3. The molecule has 0 unspecified atom stereocenters. The predicted octanol–water partition coefficient (Wildman–Crippen LogP) is 6.48. The first kappa shape index (κ1) is 31.8. The summed E-state index contributed by atoms with van der Waals surface area (Å²) in [6.07, 6.45) is -0.0901. The summed E-state index contributed by atoms with van der Waals surface area (Å²) in [5, 5.41) is 0.287. The summed E-state index contributed by atoms with van der Waals surface area (Å²) in [5.41, 5.74) is 1.20. The zero-order valence-electron chi connectivity index (χ0n) is 24.5. The number of amides is 1. The zero-order chi connectivity index (χ0) is 31.9. The molecule has 0 radical (unpaired) electrons. The minimum Gasteiger partial charge on any atom is -0.464 e. The number of ether oxygens (including phenoxy) is 2. The predicted molar refractivity (Wildman–Crippen MR) is 169 cm³/mol. The number of halogens is 3. The van der Waals surface area contributed by atoms with Crippen molar-refractivity contribution < 1.29 is 31.9 Å². The van der Waals surface area contributed by atoms with E-state index in [1.54, 1.807) is 66.4 Å². The van der Waals surface area contributed by atoms with E-state index in [-0.39, 0.29) is 24.8 Å². The van der Waals surface area contributed by atoms with Crippen LogP contribution in [0.5, 0.6) is 0 Å². The summed E-state index contributed by atoms with van der Waals surface area (Å²) in [7, 11) is -3.96. The third-order valence-corrected chi connectivity index (χ3v) is 11.2. The molecule has 12 heteroatoms. The van der Waals surface area contributed by atoms with Gasteiger partial charge < -0.3 is 14.4 Å². The quantitative estimate of drug-likeness (QED) is 0.171. The van der Waals surface area contributed by atoms with Crippen LogP contribution in [0.4, 0.5) is 10.1 Å². The molecule has 238 valence electrons. The van der Waals surface area contributed by atoms with E-state index in [4.69, 9.17) is 32.7 Å². The summed E-state index contributed by atoms with van der Waals surface area (Å²) in [5.74, 6) is -2.28. The second-order valence-electron chi connectivity index (χ2n) is 11.6. The number of carbonyl (C=O) groups is 2. The van der Waals surface area contributed by atoms with E-state index in [2.05, 4.69) is 0 Å². The highest BCUT2D eigenvalue weighted by Gasteiger charge is 2.54. The van der Waals surface area contributed by atoms with Crippen molar-refractivity contribution in [2.24, 2.45) is 5.92 Å². The number of para-hydroxylation sites is 1. The van der Waals surface area contributed by atoms with E-state index in [1.807, 2.05) is 0 Å². The highest BCUT2D eigenvalue weighted by molar-refractivity contribution is 7.93. The summed E-state index contributed by atoms with van der Waals surface area (Å²) >= 11 is 12.6. The molecular weight excluding hydrogens is 642 g/mol. The topological polar surface area (TPSA) is 93.2 Å². The number of esters is 1. The Morgan fingerprint density at radius 2 is 1.71 bits per heavy atom. The molecule has 3 aromatic carbocycles. The fourth-order valence-corrected chi connectivity index (χ4v) is 8.23. The number of carbonyl (C=O) groups excluding carboxylic acids is 2. The number of morpholine rings is 1. The van der Waals surface area contributed by atoms with Crippen molar-refractivity contribution in [2.75, 3.05) is 17.5 Å². The lowest BCUT2D eigenvalue weighted by Crippen LogP contribution is -2.60. The Labute approximate surface area is 272 Å². The summed E-state index contributed by atoms with van der Waals surface area (Å²) < 4.78 is 55.8. The number of hydrogen-bond acceptors (Lipinski definition) is 6. The Bertz CT molecular complexity index is 1680. The third kappa shape index (κ3) is 6.56. The largest absolute Gasteiger partial charge is 0.464 e. The summed E-state index contributed by atoms with van der Waals surface area (Å²) in [4.78, 5) is 29.3. The van der Waals surface area contributed by atoms with E-state index >= 15 is 4.39 Å². The zero-order valence-corrected chi connectivity index (χ0v) is 26.8. The van der Waals surface area contributed by atoms with Crippen LogP contribution >= 0.6 is 23.2 Å². The molecule has 0 aromatic heterocycles. The maximum atomic E-state index is 15.3. The van der Waals surface area contributed by atoms with Crippen molar-refractivity contribution in [2.45, 2.75) is 62.1 Å². The molecule has 3 fully saturated rings. The van der Waals surface area contributed by atoms with E-state index in [9.17, 15) is 18.0 Å². The van der Waals surface area contributed by atoms with Crippen molar-refractivity contribution in [3.8, 4) is 0 Å². The Kier molecular flexibility index (Phi) is 9.12. The van der Waals surface area contributed by atoms with Crippen molar-refractivity contribution in [3.63, 3.8) is 0 Å². The molecule has 1 amide bonds. The van der Waals surface area contributed by atoms with Gasteiger partial charge in [-0.05, 0) is 86.1 Å². The lowest BCUT2D eigenvalue weighted by atomic mass is 9.89. The van der Waals surface area contributed by atoms with Crippen LogP contribution in [0.1, 0.15) is 55.9 Å². The van der Waals surface area contributed by atoms with Crippen LogP contribution in [0.3, 0.4) is 0 Å². The number of anilines is 1. The number of sulfonamides is 1. The molecule has 1 aliphatic heterocycles. The van der Waals surface area contributed by atoms with Gasteiger partial charge in [-0.25, -0.2) is 17.6 Å². The molecule has 1 heterocycles. The molecule has 2 saturated carbocycles. The molecule has 2 aliphatic carbocycles. The van der Waals surface area contributed by atoms with E-state index in [0.717, 1.165) is 17.1 Å². The van der Waals surface area contributed by atoms with Gasteiger partial charge in [0.25, 0.3) is 5.91 Å². The van der Waals surface area contributed by atoms with E-state index < -0.39 is 57.3 Å². The van der Waals surface area contributed by atoms with Gasteiger partial charge in [0.05, 0.1) is 36.2 Å². The Morgan fingerprint density at radius 1 is 1.00 bits per heavy atom. The van der Waals surface area contributed by atoms with Crippen LogP contribution in [0, 0.1) is 11.7 Å². The first-order valence-electron chi connectivity index (χ1n) is 15.0. The molecule has 45 heavy (non-hydrogen) atoms. The Hall–Kier alpha value is -3.18. The van der Waals surface area contributed by atoms with Crippen LogP contribution in [-0.2, 0) is 29.1 Å². The minimum absolute atomic E-state index is 0.0289. The maximum Gasteiger partial charge on any atom is 0.345 e. The molecule has 6 rings (SSSR count). The normalized spacial score (nSPS) is 22.6. The molecule has 4 atom stereocenters. The molecule has 0 N–H and O–H groups in total. The van der Waals surface area contributed by atoms with Gasteiger partial charge in [-0.2, -0.15) is 0 Å². The van der Waals surface area contributed by atoms with Crippen LogP contribution in [-0.4, -0.2) is 55.7 Å². The molecule has 1 saturated heterocycles. The van der Waals surface area contributed by atoms with Crippen LogP contribution in [0.15, 0.2) is 72.8 Å². The van der Waals surface area contributed by atoms with Gasteiger partial charge in [0, 0.05) is 10.0 Å². The highest BCUT2D eigenvalue weighted by atomic mass is 35.5. The van der Waals surface area contributed by atoms with Gasteiger partial charge in [-0.1, -0.05) is 59.6 Å². The number of rotatable bonds is 11. The number of nitrogens with zero attached hydrogens (tertiary/aromatic N) is 2. The van der Waals surface area contributed by atoms with Crippen LogP contribution < -0.4 is 4.31 Å². The first-order valence-corrected chi connectivity index (χ1v) is 17.3. The van der Waals surface area contributed by atoms with E-state index in [1.165, 1.54) is 18.2 Å². The highest BCUT2D eigenvalue weighted by Crippen LogP contribution is 2.48. The lowest BCUT2D eigenvalue weighted by molar-refractivity contribution is -0.193. The van der Waals surface area contributed by atoms with E-state index in [0.29, 0.717) is 34.0 Å². The monoisotopic (exact) mass is 674 g/mol. The smallest absolute Gasteiger partial charge is 0.345 e. The second kappa shape index (κ2) is 12.9. The van der Waals surface area contributed by atoms with Gasteiger partial charge in [0.15, 0.2) is 0 Å². The lowest BCUT2D eigenvalue weighted by Gasteiger charge is -2.48. The van der Waals surface area contributed by atoms with Crippen LogP contribution in [0.2, 0.25) is 10.0 Å². The number of benzene rings is 3. The molecule has 0 bridgehead atoms. The standard InChI is InChI=1S/C33H33Cl2FN2O6S/c1-2-43-33(40)31-32(39)38(29(21-12-14-23(34)15-13-21)30(44-31)22-6-5-7-24(35)18-22)28(20-10-11-20)19-37(45(41,42)25-16-17-25)27-9-4-3-8-26(27)36/h3-9,12-15,18,20,25,28-31H,2,10-11,16-17,19H2,1H3/t28-,29-,30-,31+/m1/s1. The minimum atomic E-state index is -3.96. The van der Waals surface area contributed by atoms with Gasteiger partial charge in [-0.3, -0.25) is 9.10 Å². The van der Waals surface area contributed by atoms with Gasteiger partial charge >= 0.3 is 5.97 Å². The second-order valence-corrected chi connectivity index (χ2v) is 14.6. The average Bonchev–Trinajstić information content (AvgIpc) is 3.92. The van der Waals surface area contributed by atoms with Gasteiger partial charge in [0.2, 0.25) is 16.1 Å². The first-order chi connectivity index (χ1) is 21.6. The van der Waals surface area contributed by atoms with Crippen LogP contribution in [0.25, 0.3) is 0 Å².